The molecule has 1 atom stereocenters. The lowest BCUT2D eigenvalue weighted by Gasteiger charge is -2.32. The predicted molar refractivity (Wildman–Crippen MR) is 102 cm³/mol. The van der Waals surface area contributed by atoms with E-state index < -0.39 is 0 Å². The van der Waals surface area contributed by atoms with Crippen LogP contribution in [0.3, 0.4) is 0 Å². The van der Waals surface area contributed by atoms with Gasteiger partial charge in [-0.2, -0.15) is 0 Å². The van der Waals surface area contributed by atoms with Crippen molar-refractivity contribution in [2.75, 3.05) is 26.2 Å². The molecule has 6 heteroatoms. The maximum atomic E-state index is 12.4. The number of rotatable bonds is 6. The summed E-state index contributed by atoms with van der Waals surface area (Å²) in [5, 5.41) is 8.40. The van der Waals surface area contributed by atoms with Crippen molar-refractivity contribution in [3.8, 4) is 0 Å². The number of piperidine rings is 1. The molecule has 3 rings (SSSR count). The first-order valence-electron chi connectivity index (χ1n) is 9.60. The first-order chi connectivity index (χ1) is 12.6. The van der Waals surface area contributed by atoms with Crippen molar-refractivity contribution in [2.45, 2.75) is 46.2 Å². The number of aromatic nitrogens is 3. The third-order valence-corrected chi connectivity index (χ3v) is 5.29. The van der Waals surface area contributed by atoms with Crippen LogP contribution in [0.1, 0.15) is 54.3 Å². The smallest absolute Gasteiger partial charge is 0.276 e. The molecule has 2 aromatic rings. The predicted octanol–water partition coefficient (Wildman–Crippen LogP) is 2.91. The number of carbonyl (C=O) groups excluding carboxylic acids is 1. The van der Waals surface area contributed by atoms with Crippen LogP contribution < -0.4 is 0 Å². The van der Waals surface area contributed by atoms with Crippen LogP contribution in [-0.4, -0.2) is 56.9 Å². The molecule has 1 amide bonds. The van der Waals surface area contributed by atoms with Gasteiger partial charge in [0, 0.05) is 26.2 Å². The van der Waals surface area contributed by atoms with E-state index in [1.807, 2.05) is 24.7 Å². The van der Waals surface area contributed by atoms with E-state index in [9.17, 15) is 4.79 Å². The summed E-state index contributed by atoms with van der Waals surface area (Å²) < 4.78 is 1.89. The van der Waals surface area contributed by atoms with Crippen LogP contribution in [0.5, 0.6) is 0 Å². The number of benzene rings is 1. The summed E-state index contributed by atoms with van der Waals surface area (Å²) in [7, 11) is 0. The highest BCUT2D eigenvalue weighted by Gasteiger charge is 2.24. The molecule has 0 saturated carbocycles. The third kappa shape index (κ3) is 4.12. The van der Waals surface area contributed by atoms with E-state index in [1.165, 1.54) is 11.1 Å². The Morgan fingerprint density at radius 3 is 2.77 bits per heavy atom. The Bertz CT molecular complexity index is 737. The number of carbonyl (C=O) groups is 1. The first kappa shape index (κ1) is 18.6. The first-order valence-corrected chi connectivity index (χ1v) is 9.60. The minimum absolute atomic E-state index is 0.0335. The van der Waals surface area contributed by atoms with Gasteiger partial charge in [-0.25, -0.2) is 4.68 Å². The molecule has 140 valence electrons. The van der Waals surface area contributed by atoms with E-state index in [0.717, 1.165) is 32.5 Å². The summed E-state index contributed by atoms with van der Waals surface area (Å²) >= 11 is 0. The Morgan fingerprint density at radius 2 is 2.04 bits per heavy atom. The molecular weight excluding hydrogens is 326 g/mol. The van der Waals surface area contributed by atoms with E-state index in [1.54, 1.807) is 4.90 Å². The van der Waals surface area contributed by atoms with Crippen LogP contribution in [-0.2, 0) is 6.54 Å². The fraction of sp³-hybridized carbons (Fsp3) is 0.550. The molecule has 1 saturated heterocycles. The molecule has 1 aliphatic heterocycles. The van der Waals surface area contributed by atoms with Gasteiger partial charge in [0.1, 0.15) is 0 Å². The van der Waals surface area contributed by atoms with E-state index in [2.05, 4.69) is 46.4 Å². The molecule has 0 bridgehead atoms. The molecule has 1 aromatic heterocycles. The van der Waals surface area contributed by atoms with E-state index in [4.69, 9.17) is 0 Å². The minimum atomic E-state index is -0.0335. The molecule has 0 N–H and O–H groups in total. The van der Waals surface area contributed by atoms with Gasteiger partial charge in [0.25, 0.3) is 5.91 Å². The molecule has 6 nitrogen and oxygen atoms in total. The normalized spacial score (nSPS) is 18.0. The van der Waals surface area contributed by atoms with Crippen LogP contribution in [0, 0.1) is 6.92 Å². The second kappa shape index (κ2) is 8.45. The van der Waals surface area contributed by atoms with Gasteiger partial charge in [-0.1, -0.05) is 29.5 Å². The number of nitrogens with zero attached hydrogens (tertiary/aromatic N) is 5. The molecule has 0 radical (unpaired) electrons. The van der Waals surface area contributed by atoms with Gasteiger partial charge in [-0.05, 0) is 51.3 Å². The minimum Gasteiger partial charge on any atom is -0.338 e. The Morgan fingerprint density at radius 1 is 1.27 bits per heavy atom. The monoisotopic (exact) mass is 355 g/mol. The highest BCUT2D eigenvalue weighted by molar-refractivity contribution is 5.91. The lowest BCUT2D eigenvalue weighted by molar-refractivity contribution is 0.0767. The van der Waals surface area contributed by atoms with Gasteiger partial charge in [0.15, 0.2) is 5.69 Å². The number of likely N-dealkylation sites (tertiary alicyclic amines) is 1. The molecule has 0 unspecified atom stereocenters. The number of hydrogen-bond acceptors (Lipinski definition) is 4. The largest absolute Gasteiger partial charge is 0.338 e. The van der Waals surface area contributed by atoms with Gasteiger partial charge in [0.05, 0.1) is 12.2 Å². The van der Waals surface area contributed by atoms with Gasteiger partial charge < -0.3 is 4.90 Å². The maximum Gasteiger partial charge on any atom is 0.276 e. The van der Waals surface area contributed by atoms with Gasteiger partial charge in [-0.3, -0.25) is 9.69 Å². The number of aryl methyl sites for hydroxylation is 1. The van der Waals surface area contributed by atoms with Gasteiger partial charge >= 0.3 is 0 Å². The van der Waals surface area contributed by atoms with Crippen LogP contribution in [0.25, 0.3) is 0 Å². The highest BCUT2D eigenvalue weighted by Crippen LogP contribution is 2.23. The Labute approximate surface area is 155 Å². The van der Waals surface area contributed by atoms with Crippen molar-refractivity contribution >= 4 is 5.91 Å². The van der Waals surface area contributed by atoms with E-state index in [-0.39, 0.29) is 11.9 Å². The molecule has 1 aromatic carbocycles. The van der Waals surface area contributed by atoms with Crippen LogP contribution in [0.15, 0.2) is 30.5 Å². The molecule has 0 aliphatic carbocycles. The topological polar surface area (TPSA) is 54.3 Å². The number of amides is 1. The van der Waals surface area contributed by atoms with Crippen molar-refractivity contribution in [2.24, 2.45) is 0 Å². The van der Waals surface area contributed by atoms with Crippen LogP contribution in [0.4, 0.5) is 0 Å². The van der Waals surface area contributed by atoms with E-state index >= 15 is 0 Å². The quantitative estimate of drug-likeness (QED) is 0.799. The zero-order valence-electron chi connectivity index (χ0n) is 16.1. The summed E-state index contributed by atoms with van der Waals surface area (Å²) in [5.74, 6) is -0.0335. The lowest BCUT2D eigenvalue weighted by Crippen LogP contribution is -2.36. The second-order valence-corrected chi connectivity index (χ2v) is 7.02. The van der Waals surface area contributed by atoms with Crippen molar-refractivity contribution in [1.82, 2.24) is 24.8 Å². The molecule has 1 fully saturated rings. The molecule has 26 heavy (non-hydrogen) atoms. The Hall–Kier alpha value is -2.21. The maximum absolute atomic E-state index is 12.4. The number of hydrogen-bond donors (Lipinski definition) is 0. The zero-order chi connectivity index (χ0) is 18.5. The van der Waals surface area contributed by atoms with Crippen molar-refractivity contribution in [3.05, 3.63) is 47.3 Å². The van der Waals surface area contributed by atoms with Crippen LogP contribution >= 0.6 is 0 Å². The fourth-order valence-corrected chi connectivity index (χ4v) is 3.65. The molecule has 0 spiro atoms. The molecule has 2 heterocycles. The Balaban J connectivity index is 1.66. The average Bonchev–Trinajstić information content (AvgIpc) is 3.15. The van der Waals surface area contributed by atoms with Crippen molar-refractivity contribution in [1.29, 1.82) is 0 Å². The van der Waals surface area contributed by atoms with Gasteiger partial charge in [-0.15, -0.1) is 5.10 Å². The zero-order valence-corrected chi connectivity index (χ0v) is 16.1. The second-order valence-electron chi connectivity index (χ2n) is 7.02. The SMILES string of the molecule is CCN(CC)C(=O)c1cn([C@@H]2CCCN(Cc3ccccc3C)C2)nn1. The van der Waals surface area contributed by atoms with Crippen molar-refractivity contribution < 1.29 is 4.79 Å². The summed E-state index contributed by atoms with van der Waals surface area (Å²) in [4.78, 5) is 16.7. The summed E-state index contributed by atoms with van der Waals surface area (Å²) in [6, 6.07) is 8.83. The third-order valence-electron chi connectivity index (χ3n) is 5.29. The van der Waals surface area contributed by atoms with Crippen molar-refractivity contribution in [3.63, 3.8) is 0 Å². The molecule has 1 aliphatic rings. The lowest BCUT2D eigenvalue weighted by atomic mass is 10.0. The molecular formula is C20H29N5O. The fourth-order valence-electron chi connectivity index (χ4n) is 3.65. The summed E-state index contributed by atoms with van der Waals surface area (Å²) in [5.41, 5.74) is 3.16. The summed E-state index contributed by atoms with van der Waals surface area (Å²) in [6.45, 7) is 10.5. The highest BCUT2D eigenvalue weighted by atomic mass is 16.2. The van der Waals surface area contributed by atoms with Gasteiger partial charge in [0.2, 0.25) is 0 Å². The summed E-state index contributed by atoms with van der Waals surface area (Å²) in [6.07, 6.45) is 4.03. The standard InChI is InChI=1S/C20H29N5O/c1-4-24(5-2)20(26)19-15-25(22-21-19)18-11-8-12-23(14-18)13-17-10-7-6-9-16(17)3/h6-7,9-10,15,18H,4-5,8,11-14H2,1-3H3/t18-/m1/s1. The average molecular weight is 355 g/mol. The Kier molecular flexibility index (Phi) is 6.04. The van der Waals surface area contributed by atoms with Crippen LogP contribution in [0.2, 0.25) is 0 Å². The van der Waals surface area contributed by atoms with E-state index in [0.29, 0.717) is 18.8 Å².